The average molecular weight is 541 g/mol. The SMILES string of the molecule is O=P(CC(c1ccccc1Cl)P(=O)(c1ccccc1)c1ccccc1)(c1ccccc1)c1ccccc1. The molecule has 184 valence electrons. The van der Waals surface area contributed by atoms with Gasteiger partial charge in [-0.15, -0.1) is 0 Å². The van der Waals surface area contributed by atoms with E-state index in [1.807, 2.05) is 146 Å². The summed E-state index contributed by atoms with van der Waals surface area (Å²) in [5.41, 5.74) is 0.129. The molecule has 0 amide bonds. The minimum Gasteiger partial charge on any atom is -0.314 e. The van der Waals surface area contributed by atoms with Crippen molar-refractivity contribution in [2.24, 2.45) is 0 Å². The first-order valence-corrected chi connectivity index (χ1v) is 16.2. The zero-order valence-electron chi connectivity index (χ0n) is 20.2. The second-order valence-corrected chi connectivity index (χ2v) is 15.2. The maximum Gasteiger partial charge on any atom is 0.150 e. The first kappa shape index (κ1) is 25.5. The second kappa shape index (κ2) is 11.1. The van der Waals surface area contributed by atoms with Crippen LogP contribution in [0, 0.1) is 0 Å². The molecule has 37 heavy (non-hydrogen) atoms. The molecular weight excluding hydrogens is 514 g/mol. The third-order valence-electron chi connectivity index (χ3n) is 6.76. The fraction of sp³-hybridized carbons (Fsp3) is 0.0625. The summed E-state index contributed by atoms with van der Waals surface area (Å²) in [5, 5.41) is 3.45. The van der Waals surface area contributed by atoms with Crippen LogP contribution in [0.25, 0.3) is 0 Å². The summed E-state index contributed by atoms with van der Waals surface area (Å²) in [6.45, 7) is 0. The van der Waals surface area contributed by atoms with E-state index in [2.05, 4.69) is 0 Å². The molecule has 5 rings (SSSR count). The van der Waals surface area contributed by atoms with Gasteiger partial charge in [-0.1, -0.05) is 151 Å². The van der Waals surface area contributed by atoms with Crippen molar-refractivity contribution in [2.45, 2.75) is 5.66 Å². The van der Waals surface area contributed by atoms with Crippen LogP contribution in [0.1, 0.15) is 11.2 Å². The van der Waals surface area contributed by atoms with E-state index in [0.29, 0.717) is 5.02 Å². The number of rotatable bonds is 8. The molecule has 0 aliphatic rings. The van der Waals surface area contributed by atoms with Crippen LogP contribution in [0.4, 0.5) is 0 Å². The van der Waals surface area contributed by atoms with Gasteiger partial charge in [-0.05, 0) is 11.6 Å². The minimum absolute atomic E-state index is 0.172. The Labute approximate surface area is 223 Å². The summed E-state index contributed by atoms with van der Waals surface area (Å²) < 4.78 is 30.9. The highest BCUT2D eigenvalue weighted by atomic mass is 35.5. The van der Waals surface area contributed by atoms with Crippen LogP contribution in [-0.4, -0.2) is 6.16 Å². The van der Waals surface area contributed by atoms with Crippen LogP contribution in [0.15, 0.2) is 146 Å². The van der Waals surface area contributed by atoms with Gasteiger partial charge < -0.3 is 9.13 Å². The van der Waals surface area contributed by atoms with Gasteiger partial charge in [0, 0.05) is 32.4 Å². The molecule has 1 unspecified atom stereocenters. The van der Waals surface area contributed by atoms with Gasteiger partial charge >= 0.3 is 0 Å². The van der Waals surface area contributed by atoms with E-state index >= 15 is 9.13 Å². The smallest absolute Gasteiger partial charge is 0.150 e. The van der Waals surface area contributed by atoms with Crippen molar-refractivity contribution in [2.75, 3.05) is 6.16 Å². The van der Waals surface area contributed by atoms with Crippen molar-refractivity contribution in [3.05, 3.63) is 156 Å². The summed E-state index contributed by atoms with van der Waals surface area (Å²) in [6, 6.07) is 45.7. The van der Waals surface area contributed by atoms with E-state index in [0.717, 1.165) is 26.8 Å². The molecule has 0 radical (unpaired) electrons. The average Bonchev–Trinajstić information content (AvgIpc) is 2.98. The van der Waals surface area contributed by atoms with Crippen LogP contribution < -0.4 is 21.2 Å². The zero-order chi connectivity index (χ0) is 25.7. The van der Waals surface area contributed by atoms with Crippen molar-refractivity contribution in [3.8, 4) is 0 Å². The molecule has 1 atom stereocenters. The zero-order valence-corrected chi connectivity index (χ0v) is 22.8. The summed E-state index contributed by atoms with van der Waals surface area (Å²) >= 11 is 6.81. The Kier molecular flexibility index (Phi) is 7.63. The lowest BCUT2D eigenvalue weighted by molar-refractivity contribution is 0.574. The largest absolute Gasteiger partial charge is 0.314 e. The molecule has 0 N–H and O–H groups in total. The molecule has 0 bridgehead atoms. The maximum absolute atomic E-state index is 15.6. The Bertz CT molecular complexity index is 1470. The molecule has 5 aromatic rings. The van der Waals surface area contributed by atoms with E-state index in [-0.39, 0.29) is 6.16 Å². The predicted octanol–water partition coefficient (Wildman–Crippen LogP) is 7.41. The number of hydrogen-bond donors (Lipinski definition) is 0. The summed E-state index contributed by atoms with van der Waals surface area (Å²) in [7, 11) is -6.61. The summed E-state index contributed by atoms with van der Waals surface area (Å²) in [6.07, 6.45) is 0.172. The van der Waals surface area contributed by atoms with Gasteiger partial charge in [-0.2, -0.15) is 0 Å². The van der Waals surface area contributed by atoms with E-state index in [1.54, 1.807) is 0 Å². The van der Waals surface area contributed by atoms with Crippen LogP contribution in [-0.2, 0) is 9.13 Å². The van der Waals surface area contributed by atoms with E-state index in [9.17, 15) is 0 Å². The molecule has 0 aromatic heterocycles. The molecule has 0 spiro atoms. The van der Waals surface area contributed by atoms with Gasteiger partial charge in [0.25, 0.3) is 0 Å². The van der Waals surface area contributed by atoms with Gasteiger partial charge in [0.05, 0.1) is 5.66 Å². The fourth-order valence-electron chi connectivity index (χ4n) is 4.90. The first-order chi connectivity index (χ1) is 18.0. The third-order valence-corrected chi connectivity index (χ3v) is 14.0. The lowest BCUT2D eigenvalue weighted by Crippen LogP contribution is -2.27. The molecule has 0 heterocycles. The molecule has 2 nitrogen and oxygen atoms in total. The highest BCUT2D eigenvalue weighted by molar-refractivity contribution is 7.82. The van der Waals surface area contributed by atoms with E-state index < -0.39 is 19.9 Å². The summed E-state index contributed by atoms with van der Waals surface area (Å²) in [4.78, 5) is 0. The summed E-state index contributed by atoms with van der Waals surface area (Å²) in [5.74, 6) is 0. The highest BCUT2D eigenvalue weighted by Crippen LogP contribution is 2.63. The minimum atomic E-state index is -3.38. The lowest BCUT2D eigenvalue weighted by Gasteiger charge is -2.33. The topological polar surface area (TPSA) is 34.1 Å². The quantitative estimate of drug-likeness (QED) is 0.192. The standard InChI is InChI=1S/C32H27ClO2P2/c33-31-24-14-13-23-30(31)32(37(35,28-19-9-3-10-20-28)29-21-11-4-12-22-29)25-36(34,26-15-5-1-6-16-26)27-17-7-2-8-18-27/h1-24,32H,25H2. The van der Waals surface area contributed by atoms with Gasteiger partial charge in [0.15, 0.2) is 7.14 Å². The molecular formula is C32H27ClO2P2. The molecule has 5 aromatic carbocycles. The van der Waals surface area contributed by atoms with Gasteiger partial charge in [0.1, 0.15) is 7.14 Å². The monoisotopic (exact) mass is 540 g/mol. The van der Waals surface area contributed by atoms with Crippen LogP contribution >= 0.6 is 25.9 Å². The number of hydrogen-bond acceptors (Lipinski definition) is 2. The highest BCUT2D eigenvalue weighted by Gasteiger charge is 2.43. The Morgan fingerprint density at radius 3 is 1.24 bits per heavy atom. The van der Waals surface area contributed by atoms with Crippen LogP contribution in [0.2, 0.25) is 5.02 Å². The third kappa shape index (κ3) is 5.03. The van der Waals surface area contributed by atoms with E-state index in [1.165, 1.54) is 0 Å². The second-order valence-electron chi connectivity index (χ2n) is 8.96. The molecule has 0 saturated heterocycles. The van der Waals surface area contributed by atoms with Gasteiger partial charge in [0.2, 0.25) is 0 Å². The Morgan fingerprint density at radius 1 is 0.486 bits per heavy atom. The maximum atomic E-state index is 15.6. The van der Waals surface area contributed by atoms with Gasteiger partial charge in [-0.3, -0.25) is 0 Å². The predicted molar refractivity (Wildman–Crippen MR) is 159 cm³/mol. The molecule has 0 saturated carbocycles. The fourth-order valence-corrected chi connectivity index (χ4v) is 12.4. The normalized spacial score (nSPS) is 12.7. The molecule has 0 fully saturated rings. The first-order valence-electron chi connectivity index (χ1n) is 12.2. The Hall–Kier alpha value is -3.15. The number of halogens is 1. The molecule has 0 aliphatic carbocycles. The van der Waals surface area contributed by atoms with Crippen molar-refractivity contribution in [3.63, 3.8) is 0 Å². The van der Waals surface area contributed by atoms with Crippen molar-refractivity contribution in [1.82, 2.24) is 0 Å². The molecule has 5 heteroatoms. The number of benzene rings is 5. The van der Waals surface area contributed by atoms with Gasteiger partial charge in [-0.25, -0.2) is 0 Å². The van der Waals surface area contributed by atoms with E-state index in [4.69, 9.17) is 11.6 Å². The van der Waals surface area contributed by atoms with Crippen LogP contribution in [0.3, 0.4) is 0 Å². The Balaban J connectivity index is 1.80. The van der Waals surface area contributed by atoms with Crippen molar-refractivity contribution >= 4 is 47.1 Å². The molecule has 0 aliphatic heterocycles. The van der Waals surface area contributed by atoms with Crippen LogP contribution in [0.5, 0.6) is 0 Å². The van der Waals surface area contributed by atoms with Crippen molar-refractivity contribution in [1.29, 1.82) is 0 Å². The lowest BCUT2D eigenvalue weighted by atomic mass is 10.2. The Morgan fingerprint density at radius 2 is 0.838 bits per heavy atom. The van der Waals surface area contributed by atoms with Crippen molar-refractivity contribution < 1.29 is 9.13 Å².